The highest BCUT2D eigenvalue weighted by molar-refractivity contribution is 5.77. The van der Waals surface area contributed by atoms with Crippen LogP contribution in [0, 0.1) is 0 Å². The Morgan fingerprint density at radius 1 is 1.32 bits per heavy atom. The highest BCUT2D eigenvalue weighted by Gasteiger charge is 2.10. The zero-order valence-corrected chi connectivity index (χ0v) is 10.8. The lowest BCUT2D eigenvalue weighted by Gasteiger charge is -2.15. The van der Waals surface area contributed by atoms with Crippen molar-refractivity contribution >= 4 is 5.91 Å². The molecule has 0 aliphatic heterocycles. The van der Waals surface area contributed by atoms with Crippen molar-refractivity contribution in [2.45, 2.75) is 13.2 Å². The molecule has 1 aromatic heterocycles. The van der Waals surface area contributed by atoms with Gasteiger partial charge in [-0.25, -0.2) is 0 Å². The molecule has 1 aromatic carbocycles. The first-order valence-corrected chi connectivity index (χ1v) is 6.00. The average Bonchev–Trinajstić information content (AvgIpc) is 2.92. The van der Waals surface area contributed by atoms with Crippen molar-refractivity contribution < 1.29 is 14.1 Å². The zero-order valence-electron chi connectivity index (χ0n) is 10.8. The highest BCUT2D eigenvalue weighted by atomic mass is 16.5. The van der Waals surface area contributed by atoms with Crippen LogP contribution >= 0.6 is 0 Å². The van der Waals surface area contributed by atoms with Crippen molar-refractivity contribution in [1.82, 2.24) is 10.1 Å². The Morgan fingerprint density at radius 3 is 2.79 bits per heavy atom. The Balaban J connectivity index is 1.72. The molecule has 0 spiro atoms. The van der Waals surface area contributed by atoms with E-state index in [-0.39, 0.29) is 12.5 Å². The molecule has 0 atom stereocenters. The van der Waals surface area contributed by atoms with Crippen molar-refractivity contribution in [2.75, 3.05) is 13.7 Å². The van der Waals surface area contributed by atoms with Gasteiger partial charge in [0.15, 0.2) is 0 Å². The fraction of sp³-hybridized carbons (Fsp3) is 0.286. The topological polar surface area (TPSA) is 55.6 Å². The summed E-state index contributed by atoms with van der Waals surface area (Å²) in [6.07, 6.45) is 1.49. The predicted octanol–water partition coefficient (Wildman–Crippen LogP) is 1.85. The Hall–Kier alpha value is -2.14. The van der Waals surface area contributed by atoms with Crippen LogP contribution in [0.1, 0.15) is 11.3 Å². The van der Waals surface area contributed by atoms with E-state index in [0.717, 1.165) is 11.3 Å². The molecule has 0 unspecified atom stereocenters. The molecule has 5 nitrogen and oxygen atoms in total. The maximum absolute atomic E-state index is 11.8. The van der Waals surface area contributed by atoms with Gasteiger partial charge in [0.1, 0.15) is 18.6 Å². The van der Waals surface area contributed by atoms with Gasteiger partial charge in [-0.1, -0.05) is 35.5 Å². The summed E-state index contributed by atoms with van der Waals surface area (Å²) in [6, 6.07) is 11.5. The number of rotatable bonds is 6. The van der Waals surface area contributed by atoms with Crippen LogP contribution in [-0.2, 0) is 22.7 Å². The summed E-state index contributed by atoms with van der Waals surface area (Å²) in [5, 5.41) is 3.76. The zero-order chi connectivity index (χ0) is 13.5. The smallest absolute Gasteiger partial charge is 0.248 e. The molecule has 2 rings (SSSR count). The van der Waals surface area contributed by atoms with Gasteiger partial charge in [-0.3, -0.25) is 4.79 Å². The van der Waals surface area contributed by atoms with Crippen molar-refractivity contribution in [1.29, 1.82) is 0 Å². The Kier molecular flexibility index (Phi) is 4.69. The number of benzene rings is 1. The van der Waals surface area contributed by atoms with E-state index in [1.54, 1.807) is 18.0 Å². The van der Waals surface area contributed by atoms with Crippen molar-refractivity contribution in [3.8, 4) is 0 Å². The third kappa shape index (κ3) is 4.22. The number of likely N-dealkylation sites (N-methyl/N-ethyl adjacent to an activating group) is 1. The first kappa shape index (κ1) is 13.3. The van der Waals surface area contributed by atoms with E-state index >= 15 is 0 Å². The Bertz CT molecular complexity index is 497. The first-order chi connectivity index (χ1) is 9.25. The summed E-state index contributed by atoms with van der Waals surface area (Å²) >= 11 is 0. The largest absolute Gasteiger partial charge is 0.367 e. The normalized spacial score (nSPS) is 10.4. The standard InChI is InChI=1S/C14H16N2O3/c1-16(9-13-7-8-19-15-13)14(17)11-18-10-12-5-3-2-4-6-12/h2-8H,9-11H2,1H3. The minimum absolute atomic E-state index is 0.0588. The molecule has 5 heteroatoms. The molecule has 0 N–H and O–H groups in total. The van der Waals surface area contributed by atoms with Crippen LogP contribution in [0.4, 0.5) is 0 Å². The quantitative estimate of drug-likeness (QED) is 0.795. The van der Waals surface area contributed by atoms with Crippen LogP contribution in [0.2, 0.25) is 0 Å². The summed E-state index contributed by atoms with van der Waals surface area (Å²) in [6.45, 7) is 0.914. The van der Waals surface area contributed by atoms with E-state index in [9.17, 15) is 4.79 Å². The lowest BCUT2D eigenvalue weighted by Crippen LogP contribution is -2.29. The van der Waals surface area contributed by atoms with E-state index < -0.39 is 0 Å². The maximum Gasteiger partial charge on any atom is 0.248 e. The summed E-state index contributed by atoms with van der Waals surface area (Å²) in [5.74, 6) is -0.0843. The van der Waals surface area contributed by atoms with Gasteiger partial charge in [0.25, 0.3) is 0 Å². The summed E-state index contributed by atoms with van der Waals surface area (Å²) in [5.41, 5.74) is 1.77. The van der Waals surface area contributed by atoms with Crippen molar-refractivity contribution in [3.05, 3.63) is 53.9 Å². The van der Waals surface area contributed by atoms with Crippen molar-refractivity contribution in [3.63, 3.8) is 0 Å². The number of ether oxygens (including phenoxy) is 1. The molecule has 1 heterocycles. The number of aromatic nitrogens is 1. The molecule has 0 saturated heterocycles. The van der Waals surface area contributed by atoms with E-state index in [1.165, 1.54) is 6.26 Å². The number of amides is 1. The molecule has 0 aliphatic carbocycles. The lowest BCUT2D eigenvalue weighted by molar-refractivity contribution is -0.135. The van der Waals surface area contributed by atoms with Gasteiger partial charge in [0.2, 0.25) is 5.91 Å². The maximum atomic E-state index is 11.8. The van der Waals surface area contributed by atoms with E-state index in [4.69, 9.17) is 9.26 Å². The summed E-state index contributed by atoms with van der Waals surface area (Å²) in [4.78, 5) is 13.4. The molecule has 0 aliphatic rings. The van der Waals surface area contributed by atoms with Gasteiger partial charge in [-0.15, -0.1) is 0 Å². The number of hydrogen-bond donors (Lipinski definition) is 0. The molecule has 2 aromatic rings. The van der Waals surface area contributed by atoms with Crippen LogP contribution in [0.3, 0.4) is 0 Å². The van der Waals surface area contributed by atoms with Gasteiger partial charge in [0, 0.05) is 13.1 Å². The molecule has 0 fully saturated rings. The number of carbonyl (C=O) groups excluding carboxylic acids is 1. The third-order valence-corrected chi connectivity index (χ3v) is 2.65. The molecule has 0 radical (unpaired) electrons. The van der Waals surface area contributed by atoms with E-state index in [1.807, 2.05) is 30.3 Å². The van der Waals surface area contributed by atoms with Gasteiger partial charge in [-0.05, 0) is 5.56 Å². The van der Waals surface area contributed by atoms with Crippen LogP contribution in [0.5, 0.6) is 0 Å². The van der Waals surface area contributed by atoms with Crippen LogP contribution in [0.25, 0.3) is 0 Å². The molecule has 0 saturated carbocycles. The van der Waals surface area contributed by atoms with Gasteiger partial charge in [-0.2, -0.15) is 0 Å². The Morgan fingerprint density at radius 2 is 2.11 bits per heavy atom. The number of nitrogens with zero attached hydrogens (tertiary/aromatic N) is 2. The highest BCUT2D eigenvalue weighted by Crippen LogP contribution is 2.02. The second kappa shape index (κ2) is 6.70. The van der Waals surface area contributed by atoms with Crippen molar-refractivity contribution in [2.24, 2.45) is 0 Å². The molecule has 0 bridgehead atoms. The lowest BCUT2D eigenvalue weighted by atomic mass is 10.2. The summed E-state index contributed by atoms with van der Waals surface area (Å²) < 4.78 is 10.1. The molecular weight excluding hydrogens is 244 g/mol. The minimum atomic E-state index is -0.0843. The minimum Gasteiger partial charge on any atom is -0.367 e. The monoisotopic (exact) mass is 260 g/mol. The van der Waals surface area contributed by atoms with E-state index in [0.29, 0.717) is 13.2 Å². The second-order valence-electron chi connectivity index (χ2n) is 4.22. The van der Waals surface area contributed by atoms with Crippen LogP contribution < -0.4 is 0 Å². The predicted molar refractivity (Wildman–Crippen MR) is 69.1 cm³/mol. The SMILES string of the molecule is CN(Cc1ccon1)C(=O)COCc1ccccc1. The molecule has 19 heavy (non-hydrogen) atoms. The number of hydrogen-bond acceptors (Lipinski definition) is 4. The number of carbonyl (C=O) groups is 1. The van der Waals surface area contributed by atoms with Crippen LogP contribution in [0.15, 0.2) is 47.2 Å². The first-order valence-electron chi connectivity index (χ1n) is 6.00. The van der Waals surface area contributed by atoms with Gasteiger partial charge >= 0.3 is 0 Å². The van der Waals surface area contributed by atoms with E-state index in [2.05, 4.69) is 5.16 Å². The molecule has 1 amide bonds. The third-order valence-electron chi connectivity index (χ3n) is 2.65. The summed E-state index contributed by atoms with van der Waals surface area (Å²) in [7, 11) is 1.71. The van der Waals surface area contributed by atoms with Gasteiger partial charge < -0.3 is 14.2 Å². The van der Waals surface area contributed by atoms with Crippen LogP contribution in [-0.4, -0.2) is 29.6 Å². The average molecular weight is 260 g/mol. The molecule has 100 valence electrons. The second-order valence-corrected chi connectivity index (χ2v) is 4.22. The fourth-order valence-electron chi connectivity index (χ4n) is 1.59. The Labute approximate surface area is 111 Å². The van der Waals surface area contributed by atoms with Gasteiger partial charge in [0.05, 0.1) is 13.2 Å². The fourth-order valence-corrected chi connectivity index (χ4v) is 1.59. The molecular formula is C14H16N2O3.